The van der Waals surface area contributed by atoms with Crippen molar-refractivity contribution in [2.75, 3.05) is 44.7 Å². The number of halogens is 1. The number of carbonyl (C=O) groups is 2. The monoisotopic (exact) mass is 468 g/mol. The first-order valence-corrected chi connectivity index (χ1v) is 11.0. The van der Waals surface area contributed by atoms with Gasteiger partial charge in [-0.1, -0.05) is 28.9 Å². The maximum atomic E-state index is 12.6. The van der Waals surface area contributed by atoms with Gasteiger partial charge in [0, 0.05) is 43.0 Å². The number of carbonyl (C=O) groups excluding carboxylic acids is 2. The van der Waals surface area contributed by atoms with E-state index in [-0.39, 0.29) is 18.1 Å². The Labute approximate surface area is 196 Å². The molecule has 1 N–H and O–H groups in total. The van der Waals surface area contributed by atoms with Crippen molar-refractivity contribution >= 4 is 29.1 Å². The van der Waals surface area contributed by atoms with Gasteiger partial charge in [0.15, 0.2) is 5.69 Å². The van der Waals surface area contributed by atoms with Crippen molar-refractivity contribution in [1.82, 2.24) is 25.2 Å². The fourth-order valence-electron chi connectivity index (χ4n) is 3.76. The first-order chi connectivity index (χ1) is 16.0. The lowest BCUT2D eigenvalue weighted by molar-refractivity contribution is -0.130. The minimum Gasteiger partial charge on any atom is -0.497 e. The fraction of sp³-hybridized carbons (Fsp3) is 0.304. The van der Waals surface area contributed by atoms with Gasteiger partial charge in [-0.15, -0.1) is 5.10 Å². The van der Waals surface area contributed by atoms with Crippen LogP contribution in [0.4, 0.5) is 5.69 Å². The lowest BCUT2D eigenvalue weighted by atomic mass is 10.2. The molecule has 9 nitrogen and oxygen atoms in total. The van der Waals surface area contributed by atoms with Gasteiger partial charge in [-0.05, 0) is 37.3 Å². The van der Waals surface area contributed by atoms with Gasteiger partial charge < -0.3 is 19.9 Å². The van der Waals surface area contributed by atoms with Crippen LogP contribution >= 0.6 is 11.6 Å². The number of methoxy groups -OCH3 is 1. The van der Waals surface area contributed by atoms with Crippen LogP contribution in [0.3, 0.4) is 0 Å². The molecule has 1 fully saturated rings. The van der Waals surface area contributed by atoms with E-state index in [9.17, 15) is 9.59 Å². The number of rotatable bonds is 6. The largest absolute Gasteiger partial charge is 0.497 e. The van der Waals surface area contributed by atoms with Gasteiger partial charge in [0.25, 0.3) is 5.91 Å². The van der Waals surface area contributed by atoms with E-state index in [0.29, 0.717) is 42.6 Å². The smallest absolute Gasteiger partial charge is 0.274 e. The number of anilines is 1. The third kappa shape index (κ3) is 5.09. The van der Waals surface area contributed by atoms with Gasteiger partial charge >= 0.3 is 0 Å². The lowest BCUT2D eigenvalue weighted by Crippen LogP contribution is -2.51. The Hall–Kier alpha value is -3.59. The lowest BCUT2D eigenvalue weighted by Gasteiger charge is -2.36. The van der Waals surface area contributed by atoms with Crippen LogP contribution in [0.25, 0.3) is 5.69 Å². The number of piperazine rings is 1. The van der Waals surface area contributed by atoms with Crippen LogP contribution in [0.15, 0.2) is 48.5 Å². The standard InChI is InChI=1S/C23H25ClN6O3/c1-16-22(26-27-30(16)19-7-4-8-20(14-19)33-2)23(32)25-15-21(31)29-11-9-28(10-12-29)18-6-3-5-17(24)13-18/h3-8,13-14H,9-12,15H2,1-2H3,(H,25,32). The molecule has 10 heteroatoms. The predicted octanol–water partition coefficient (Wildman–Crippen LogP) is 2.32. The van der Waals surface area contributed by atoms with Crippen LogP contribution in [0.2, 0.25) is 5.02 Å². The number of hydrogen-bond acceptors (Lipinski definition) is 6. The average Bonchev–Trinajstić information content (AvgIpc) is 3.23. The normalized spacial score (nSPS) is 13.7. The molecule has 0 aliphatic carbocycles. The molecule has 2 amide bonds. The van der Waals surface area contributed by atoms with Crippen LogP contribution < -0.4 is 15.0 Å². The molecule has 0 atom stereocenters. The van der Waals surface area contributed by atoms with Gasteiger partial charge in [-0.3, -0.25) is 9.59 Å². The molecule has 0 radical (unpaired) electrons. The summed E-state index contributed by atoms with van der Waals surface area (Å²) < 4.78 is 6.80. The highest BCUT2D eigenvalue weighted by molar-refractivity contribution is 6.30. The van der Waals surface area contributed by atoms with Gasteiger partial charge in [0.2, 0.25) is 5.91 Å². The number of ether oxygens (including phenoxy) is 1. The Morgan fingerprint density at radius 1 is 1.06 bits per heavy atom. The van der Waals surface area contributed by atoms with E-state index in [1.807, 2.05) is 42.5 Å². The second-order valence-corrected chi connectivity index (χ2v) is 8.10. The Morgan fingerprint density at radius 3 is 2.52 bits per heavy atom. The summed E-state index contributed by atoms with van der Waals surface area (Å²) in [6, 6.07) is 15.0. The summed E-state index contributed by atoms with van der Waals surface area (Å²) in [5, 5.41) is 11.4. The Kier molecular flexibility index (Phi) is 6.79. The third-order valence-corrected chi connectivity index (χ3v) is 5.85. The number of hydrogen-bond donors (Lipinski definition) is 1. The summed E-state index contributed by atoms with van der Waals surface area (Å²) in [6.07, 6.45) is 0. The van der Waals surface area contributed by atoms with Gasteiger partial charge in [0.05, 0.1) is 25.0 Å². The van der Waals surface area contributed by atoms with E-state index in [2.05, 4.69) is 20.5 Å². The summed E-state index contributed by atoms with van der Waals surface area (Å²) in [7, 11) is 1.58. The zero-order chi connectivity index (χ0) is 23.4. The highest BCUT2D eigenvalue weighted by Gasteiger charge is 2.23. The number of aromatic nitrogens is 3. The summed E-state index contributed by atoms with van der Waals surface area (Å²) in [4.78, 5) is 29.2. The molecule has 0 unspecified atom stereocenters. The molecular weight excluding hydrogens is 444 g/mol. The number of benzene rings is 2. The van der Waals surface area contributed by atoms with E-state index in [4.69, 9.17) is 16.3 Å². The van der Waals surface area contributed by atoms with Crippen LogP contribution in [0.5, 0.6) is 5.75 Å². The third-order valence-electron chi connectivity index (χ3n) is 5.61. The second kappa shape index (κ2) is 9.91. The SMILES string of the molecule is COc1cccc(-n2nnc(C(=O)NCC(=O)N3CCN(c4cccc(Cl)c4)CC3)c2C)c1. The van der Waals surface area contributed by atoms with Crippen molar-refractivity contribution in [3.8, 4) is 11.4 Å². The number of nitrogens with zero attached hydrogens (tertiary/aromatic N) is 5. The molecule has 2 heterocycles. The molecule has 1 aliphatic heterocycles. The van der Waals surface area contributed by atoms with Crippen LogP contribution in [-0.2, 0) is 4.79 Å². The fourth-order valence-corrected chi connectivity index (χ4v) is 3.95. The summed E-state index contributed by atoms with van der Waals surface area (Å²) in [5.74, 6) is 0.106. The van der Waals surface area contributed by atoms with Crippen LogP contribution in [0.1, 0.15) is 16.2 Å². The van der Waals surface area contributed by atoms with Crippen molar-refractivity contribution in [2.24, 2.45) is 0 Å². The molecule has 172 valence electrons. The minimum absolute atomic E-state index is 0.0958. The molecule has 4 rings (SSSR count). The highest BCUT2D eigenvalue weighted by atomic mass is 35.5. The maximum absolute atomic E-state index is 12.6. The van der Waals surface area contributed by atoms with E-state index in [1.165, 1.54) is 0 Å². The van der Waals surface area contributed by atoms with E-state index in [1.54, 1.807) is 29.7 Å². The van der Waals surface area contributed by atoms with E-state index < -0.39 is 5.91 Å². The minimum atomic E-state index is -0.437. The maximum Gasteiger partial charge on any atom is 0.274 e. The summed E-state index contributed by atoms with van der Waals surface area (Å²) >= 11 is 6.08. The molecule has 1 saturated heterocycles. The molecule has 1 aromatic heterocycles. The predicted molar refractivity (Wildman–Crippen MR) is 125 cm³/mol. The first-order valence-electron chi connectivity index (χ1n) is 10.6. The number of nitrogens with one attached hydrogen (secondary N) is 1. The average molecular weight is 469 g/mol. The molecule has 2 aromatic carbocycles. The Morgan fingerprint density at radius 2 is 1.79 bits per heavy atom. The molecule has 0 bridgehead atoms. The topological polar surface area (TPSA) is 92.6 Å². The quantitative estimate of drug-likeness (QED) is 0.597. The van der Waals surface area contributed by atoms with Crippen molar-refractivity contribution in [3.63, 3.8) is 0 Å². The van der Waals surface area contributed by atoms with Crippen LogP contribution in [0, 0.1) is 6.92 Å². The van der Waals surface area contributed by atoms with Gasteiger partial charge in [0.1, 0.15) is 5.75 Å². The molecule has 0 saturated carbocycles. The molecule has 0 spiro atoms. The van der Waals surface area contributed by atoms with Gasteiger partial charge in [-0.2, -0.15) is 0 Å². The van der Waals surface area contributed by atoms with E-state index in [0.717, 1.165) is 11.4 Å². The van der Waals surface area contributed by atoms with Crippen molar-refractivity contribution in [3.05, 3.63) is 64.9 Å². The Balaban J connectivity index is 1.32. The number of amides is 2. The van der Waals surface area contributed by atoms with Gasteiger partial charge in [-0.25, -0.2) is 4.68 Å². The summed E-state index contributed by atoms with van der Waals surface area (Å²) in [5.41, 5.74) is 2.52. The Bertz CT molecular complexity index is 1160. The van der Waals surface area contributed by atoms with Crippen LogP contribution in [-0.4, -0.2) is 71.5 Å². The van der Waals surface area contributed by atoms with E-state index >= 15 is 0 Å². The zero-order valence-electron chi connectivity index (χ0n) is 18.5. The van der Waals surface area contributed by atoms with Crippen molar-refractivity contribution in [2.45, 2.75) is 6.92 Å². The highest BCUT2D eigenvalue weighted by Crippen LogP contribution is 2.21. The molecule has 1 aliphatic rings. The molecule has 33 heavy (non-hydrogen) atoms. The van der Waals surface area contributed by atoms with Crippen molar-refractivity contribution < 1.29 is 14.3 Å². The molecular formula is C23H25ClN6O3. The van der Waals surface area contributed by atoms with Crippen molar-refractivity contribution in [1.29, 1.82) is 0 Å². The summed E-state index contributed by atoms with van der Waals surface area (Å²) in [6.45, 7) is 4.22. The zero-order valence-corrected chi connectivity index (χ0v) is 19.2. The molecule has 3 aromatic rings. The first kappa shape index (κ1) is 22.6. The second-order valence-electron chi connectivity index (χ2n) is 7.67.